The summed E-state index contributed by atoms with van der Waals surface area (Å²) in [6.07, 6.45) is 0. The summed E-state index contributed by atoms with van der Waals surface area (Å²) in [5, 5.41) is 20.5. The van der Waals surface area contributed by atoms with Crippen LogP contribution >= 0.6 is 0 Å². The molecule has 0 fully saturated rings. The number of hydrogen-bond donors (Lipinski definition) is 2. The molecule has 2 aromatic rings. The van der Waals surface area contributed by atoms with Crippen LogP contribution in [0.15, 0.2) is 60.7 Å². The number of benzene rings is 2. The molecule has 0 heterocycles. The van der Waals surface area contributed by atoms with Crippen LogP contribution in [-0.2, 0) is 5.41 Å². The minimum absolute atomic E-state index is 0.496. The van der Waals surface area contributed by atoms with Crippen LogP contribution in [0.2, 0.25) is 0 Å². The number of ether oxygens (including phenoxy) is 1. The maximum Gasteiger partial charge on any atom is 0.240 e. The topological polar surface area (TPSA) is 49.7 Å². The van der Waals surface area contributed by atoms with Crippen LogP contribution < -0.4 is 4.74 Å². The molecule has 2 aromatic carbocycles. The van der Waals surface area contributed by atoms with Crippen molar-refractivity contribution in [3.63, 3.8) is 0 Å². The molecule has 2 N–H and O–H groups in total. The summed E-state index contributed by atoms with van der Waals surface area (Å²) >= 11 is 0. The second kappa shape index (κ2) is 5.65. The van der Waals surface area contributed by atoms with E-state index >= 15 is 0 Å². The summed E-state index contributed by atoms with van der Waals surface area (Å²) in [4.78, 5) is 0. The molecule has 2 rings (SSSR count). The summed E-state index contributed by atoms with van der Waals surface area (Å²) in [5.74, 6) is -1.18. The van der Waals surface area contributed by atoms with Crippen LogP contribution in [-0.4, -0.2) is 22.6 Å². The second-order valence-electron chi connectivity index (χ2n) is 5.35. The van der Waals surface area contributed by atoms with Gasteiger partial charge in [-0.15, -0.1) is 0 Å². The minimum Gasteiger partial charge on any atom is -0.459 e. The number of rotatable bonds is 5. The van der Waals surface area contributed by atoms with E-state index in [0.29, 0.717) is 5.75 Å². The molecule has 0 spiro atoms. The highest BCUT2D eigenvalue weighted by Crippen LogP contribution is 2.36. The van der Waals surface area contributed by atoms with Gasteiger partial charge < -0.3 is 14.9 Å². The molecule has 1 unspecified atom stereocenters. The fourth-order valence-corrected chi connectivity index (χ4v) is 2.12. The van der Waals surface area contributed by atoms with E-state index in [-0.39, 0.29) is 0 Å². The zero-order valence-electron chi connectivity index (χ0n) is 11.8. The molecule has 0 aromatic heterocycles. The summed E-state index contributed by atoms with van der Waals surface area (Å²) in [7, 11) is 0. The summed E-state index contributed by atoms with van der Waals surface area (Å²) in [6.45, 7) is 3.20. The average molecular weight is 272 g/mol. The predicted molar refractivity (Wildman–Crippen MR) is 78.6 cm³/mol. The lowest BCUT2D eigenvalue weighted by Crippen LogP contribution is -2.55. The van der Waals surface area contributed by atoms with Crippen molar-refractivity contribution in [2.45, 2.75) is 25.0 Å². The zero-order valence-corrected chi connectivity index (χ0v) is 11.8. The van der Waals surface area contributed by atoms with E-state index < -0.39 is 17.8 Å². The fourth-order valence-electron chi connectivity index (χ4n) is 2.12. The van der Waals surface area contributed by atoms with E-state index in [0.717, 1.165) is 5.56 Å². The van der Waals surface area contributed by atoms with Gasteiger partial charge in [-0.05, 0) is 31.5 Å². The molecular formula is C17H20O3. The van der Waals surface area contributed by atoms with Gasteiger partial charge in [-0.25, -0.2) is 0 Å². The Hall–Kier alpha value is -1.84. The van der Waals surface area contributed by atoms with Crippen molar-refractivity contribution in [3.05, 3.63) is 66.2 Å². The Balaban J connectivity index is 2.34. The molecule has 0 saturated carbocycles. The molecule has 20 heavy (non-hydrogen) atoms. The highest BCUT2D eigenvalue weighted by Gasteiger charge is 2.47. The van der Waals surface area contributed by atoms with Crippen LogP contribution in [0, 0.1) is 0 Å². The van der Waals surface area contributed by atoms with Crippen molar-refractivity contribution >= 4 is 0 Å². The number of hydrogen-bond acceptors (Lipinski definition) is 3. The Morgan fingerprint density at radius 3 is 1.90 bits per heavy atom. The van der Waals surface area contributed by atoms with Crippen molar-refractivity contribution in [2.75, 3.05) is 6.61 Å². The highest BCUT2D eigenvalue weighted by molar-refractivity contribution is 5.29. The Bertz CT molecular complexity index is 537. The van der Waals surface area contributed by atoms with E-state index in [9.17, 15) is 10.2 Å². The van der Waals surface area contributed by atoms with Crippen LogP contribution in [0.1, 0.15) is 19.4 Å². The third-order valence-electron chi connectivity index (χ3n) is 3.72. The van der Waals surface area contributed by atoms with E-state index in [2.05, 4.69) is 0 Å². The molecule has 0 aliphatic rings. The van der Waals surface area contributed by atoms with Crippen molar-refractivity contribution in [2.24, 2.45) is 0 Å². The first-order valence-electron chi connectivity index (χ1n) is 6.62. The van der Waals surface area contributed by atoms with Gasteiger partial charge in [-0.1, -0.05) is 48.5 Å². The van der Waals surface area contributed by atoms with Gasteiger partial charge in [0.05, 0.1) is 5.41 Å². The van der Waals surface area contributed by atoms with Crippen LogP contribution in [0.5, 0.6) is 5.75 Å². The van der Waals surface area contributed by atoms with Crippen LogP contribution in [0.4, 0.5) is 0 Å². The normalized spacial score (nSPS) is 14.6. The Morgan fingerprint density at radius 2 is 1.40 bits per heavy atom. The van der Waals surface area contributed by atoms with Gasteiger partial charge >= 0.3 is 0 Å². The Kier molecular flexibility index (Phi) is 4.12. The molecule has 0 saturated heterocycles. The molecule has 0 bridgehead atoms. The maximum atomic E-state index is 10.8. The highest BCUT2D eigenvalue weighted by atomic mass is 16.6. The summed E-state index contributed by atoms with van der Waals surface area (Å²) < 4.78 is 5.68. The van der Waals surface area contributed by atoms with Crippen LogP contribution in [0.3, 0.4) is 0 Å². The SMILES string of the molecule is CC(C)(c1ccccc1)C(O)(CO)Oc1ccccc1. The van der Waals surface area contributed by atoms with Crippen molar-refractivity contribution in [1.82, 2.24) is 0 Å². The average Bonchev–Trinajstić information content (AvgIpc) is 2.49. The first kappa shape index (κ1) is 14.6. The van der Waals surface area contributed by atoms with Gasteiger partial charge in [-0.2, -0.15) is 0 Å². The molecule has 1 atom stereocenters. The summed E-state index contributed by atoms with van der Waals surface area (Å²) in [6, 6.07) is 18.6. The maximum absolute atomic E-state index is 10.8. The first-order valence-corrected chi connectivity index (χ1v) is 6.62. The Morgan fingerprint density at radius 1 is 0.900 bits per heavy atom. The monoisotopic (exact) mass is 272 g/mol. The molecule has 0 aliphatic carbocycles. The van der Waals surface area contributed by atoms with E-state index in [1.807, 2.05) is 62.4 Å². The molecular weight excluding hydrogens is 252 g/mol. The van der Waals surface area contributed by atoms with Gasteiger partial charge in [0.15, 0.2) is 0 Å². The molecule has 3 nitrogen and oxygen atoms in total. The van der Waals surface area contributed by atoms with E-state index in [1.54, 1.807) is 12.1 Å². The molecule has 106 valence electrons. The fraction of sp³-hybridized carbons (Fsp3) is 0.294. The van der Waals surface area contributed by atoms with Crippen molar-refractivity contribution < 1.29 is 14.9 Å². The van der Waals surface area contributed by atoms with Gasteiger partial charge in [0, 0.05) is 0 Å². The second-order valence-corrected chi connectivity index (χ2v) is 5.35. The third kappa shape index (κ3) is 2.69. The van der Waals surface area contributed by atoms with Crippen LogP contribution in [0.25, 0.3) is 0 Å². The number of aliphatic hydroxyl groups excluding tert-OH is 1. The molecule has 3 heteroatoms. The lowest BCUT2D eigenvalue weighted by atomic mass is 9.77. The molecule has 0 radical (unpaired) electrons. The first-order chi connectivity index (χ1) is 9.49. The Labute approximate surface area is 119 Å². The van der Waals surface area contributed by atoms with Crippen molar-refractivity contribution in [3.8, 4) is 5.75 Å². The smallest absolute Gasteiger partial charge is 0.240 e. The van der Waals surface area contributed by atoms with Gasteiger partial charge in [0.25, 0.3) is 0 Å². The zero-order chi connectivity index (χ0) is 14.6. The lowest BCUT2D eigenvalue weighted by molar-refractivity contribution is -0.207. The predicted octanol–water partition coefficient (Wildman–Crippen LogP) is 2.72. The number of para-hydroxylation sites is 1. The third-order valence-corrected chi connectivity index (χ3v) is 3.72. The largest absolute Gasteiger partial charge is 0.459 e. The minimum atomic E-state index is -1.70. The lowest BCUT2D eigenvalue weighted by Gasteiger charge is -2.41. The van der Waals surface area contributed by atoms with Gasteiger partial charge in [-0.3, -0.25) is 0 Å². The van der Waals surface area contributed by atoms with E-state index in [1.165, 1.54) is 0 Å². The van der Waals surface area contributed by atoms with E-state index in [4.69, 9.17) is 4.74 Å². The van der Waals surface area contributed by atoms with Gasteiger partial charge in [0.1, 0.15) is 12.4 Å². The van der Waals surface area contributed by atoms with Gasteiger partial charge in [0.2, 0.25) is 5.79 Å². The quantitative estimate of drug-likeness (QED) is 0.823. The standard InChI is InChI=1S/C17H20O3/c1-16(2,14-9-5-3-6-10-14)17(19,13-18)20-15-11-7-4-8-12-15/h3-12,18-19H,13H2,1-2H3. The number of aliphatic hydroxyl groups is 2. The molecule has 0 amide bonds. The molecule has 0 aliphatic heterocycles. The summed E-state index contributed by atoms with van der Waals surface area (Å²) in [5.41, 5.74) is 0.131. The van der Waals surface area contributed by atoms with Crippen molar-refractivity contribution in [1.29, 1.82) is 0 Å².